The number of non-ortho nitro benzene ring substituents is 1. The number of ether oxygens (including phenoxy) is 1. The fourth-order valence-electron chi connectivity index (χ4n) is 3.17. The second-order valence-electron chi connectivity index (χ2n) is 7.14. The van der Waals surface area contributed by atoms with Crippen molar-refractivity contribution in [1.82, 2.24) is 10.2 Å². The van der Waals surface area contributed by atoms with E-state index in [1.165, 1.54) is 42.5 Å². The van der Waals surface area contributed by atoms with Gasteiger partial charge in [0.1, 0.15) is 16.4 Å². The predicted octanol–water partition coefficient (Wildman–Crippen LogP) is 4.01. The van der Waals surface area contributed by atoms with Crippen molar-refractivity contribution < 1.29 is 27.1 Å². The third-order valence-electron chi connectivity index (χ3n) is 4.86. The van der Waals surface area contributed by atoms with Crippen LogP contribution in [0.5, 0.6) is 11.5 Å². The quantitative estimate of drug-likeness (QED) is 0.212. The summed E-state index contributed by atoms with van der Waals surface area (Å²) in [5, 5.41) is 20.5. The number of aromatic amines is 1. The number of benzene rings is 3. The van der Waals surface area contributed by atoms with Gasteiger partial charge in [0.25, 0.3) is 11.6 Å². The minimum atomic E-state index is -4.31. The number of amides is 1. The number of nitro groups is 1. The van der Waals surface area contributed by atoms with Gasteiger partial charge >= 0.3 is 10.1 Å². The van der Waals surface area contributed by atoms with Gasteiger partial charge in [0.05, 0.1) is 17.7 Å². The fourth-order valence-corrected chi connectivity index (χ4v) is 4.14. The molecule has 0 aliphatic carbocycles. The molecular formula is C23H18N4O7S. The Bertz CT molecular complexity index is 1500. The van der Waals surface area contributed by atoms with Gasteiger partial charge in [0.15, 0.2) is 5.82 Å². The van der Waals surface area contributed by atoms with E-state index in [2.05, 4.69) is 15.5 Å². The SMILES string of the molecule is COc1ccccc1-c1cc(NC(=O)c2ccc(OS(=O)(=O)c3cccc([N+](=O)[O-])c3)cc2)n[nH]1. The average molecular weight is 494 g/mol. The Morgan fingerprint density at radius 1 is 1.03 bits per heavy atom. The second kappa shape index (κ2) is 9.65. The molecule has 2 N–H and O–H groups in total. The maximum Gasteiger partial charge on any atom is 0.339 e. The lowest BCUT2D eigenvalue weighted by atomic mass is 10.1. The molecule has 1 aromatic heterocycles. The van der Waals surface area contributed by atoms with Gasteiger partial charge in [0, 0.05) is 29.3 Å². The van der Waals surface area contributed by atoms with Crippen molar-refractivity contribution in [1.29, 1.82) is 0 Å². The average Bonchev–Trinajstić information content (AvgIpc) is 3.32. The highest BCUT2D eigenvalue weighted by atomic mass is 32.2. The molecule has 0 aliphatic rings. The maximum atomic E-state index is 12.6. The summed E-state index contributed by atoms with van der Waals surface area (Å²) in [4.78, 5) is 22.4. The second-order valence-corrected chi connectivity index (χ2v) is 8.68. The first kappa shape index (κ1) is 23.4. The topological polar surface area (TPSA) is 154 Å². The van der Waals surface area contributed by atoms with E-state index in [-0.39, 0.29) is 27.7 Å². The number of hydrogen-bond acceptors (Lipinski definition) is 8. The number of para-hydroxylation sites is 1. The van der Waals surface area contributed by atoms with E-state index >= 15 is 0 Å². The summed E-state index contributed by atoms with van der Waals surface area (Å²) in [5.41, 5.74) is 1.27. The number of nitrogens with one attached hydrogen (secondary N) is 2. The van der Waals surface area contributed by atoms with Crippen LogP contribution >= 0.6 is 0 Å². The zero-order chi connectivity index (χ0) is 25.0. The van der Waals surface area contributed by atoms with Crippen molar-refractivity contribution in [2.75, 3.05) is 12.4 Å². The Kier molecular flexibility index (Phi) is 6.46. The molecule has 1 heterocycles. The molecule has 0 radical (unpaired) electrons. The van der Waals surface area contributed by atoms with Gasteiger partial charge < -0.3 is 14.2 Å². The van der Waals surface area contributed by atoms with Crippen LogP contribution in [0, 0.1) is 10.1 Å². The third-order valence-corrected chi connectivity index (χ3v) is 6.10. The first-order valence-electron chi connectivity index (χ1n) is 10.1. The lowest BCUT2D eigenvalue weighted by Gasteiger charge is -2.08. The number of nitrogens with zero attached hydrogens (tertiary/aromatic N) is 2. The Hall–Kier alpha value is -4.71. The number of carbonyl (C=O) groups is 1. The minimum Gasteiger partial charge on any atom is -0.496 e. The van der Waals surface area contributed by atoms with E-state index in [9.17, 15) is 23.3 Å². The van der Waals surface area contributed by atoms with Crippen molar-refractivity contribution in [2.45, 2.75) is 4.90 Å². The molecule has 11 nitrogen and oxygen atoms in total. The minimum absolute atomic E-state index is 0.0636. The molecule has 3 aromatic carbocycles. The van der Waals surface area contributed by atoms with Crippen LogP contribution in [-0.2, 0) is 10.1 Å². The third kappa shape index (κ3) is 5.28. The van der Waals surface area contributed by atoms with Crippen LogP contribution in [0.15, 0.2) is 83.8 Å². The van der Waals surface area contributed by atoms with Crippen LogP contribution < -0.4 is 14.2 Å². The number of hydrogen-bond donors (Lipinski definition) is 2. The highest BCUT2D eigenvalue weighted by molar-refractivity contribution is 7.87. The van der Waals surface area contributed by atoms with Gasteiger partial charge in [-0.1, -0.05) is 18.2 Å². The number of nitro benzene ring substituents is 1. The zero-order valence-corrected chi connectivity index (χ0v) is 19.0. The van der Waals surface area contributed by atoms with Crippen LogP contribution in [0.1, 0.15) is 10.4 Å². The summed E-state index contributed by atoms with van der Waals surface area (Å²) in [5.74, 6) is 0.386. The monoisotopic (exact) mass is 494 g/mol. The molecule has 0 spiro atoms. The molecule has 0 bridgehead atoms. The number of carbonyl (C=O) groups excluding carboxylic acids is 1. The van der Waals surface area contributed by atoms with Gasteiger partial charge in [0.2, 0.25) is 0 Å². The van der Waals surface area contributed by atoms with Crippen LogP contribution in [0.2, 0.25) is 0 Å². The summed E-state index contributed by atoms with van der Waals surface area (Å²) in [6.45, 7) is 0. The normalized spacial score (nSPS) is 11.0. The Morgan fingerprint density at radius 2 is 1.77 bits per heavy atom. The molecule has 178 valence electrons. The summed E-state index contributed by atoms with van der Waals surface area (Å²) in [7, 11) is -2.75. The van der Waals surface area contributed by atoms with Crippen molar-refractivity contribution in [3.8, 4) is 22.8 Å². The largest absolute Gasteiger partial charge is 0.496 e. The number of rotatable bonds is 8. The number of H-pyrrole nitrogens is 1. The molecule has 0 atom stereocenters. The molecule has 12 heteroatoms. The summed E-state index contributed by atoms with van der Waals surface area (Å²) in [6.07, 6.45) is 0. The van der Waals surface area contributed by atoms with Gasteiger partial charge in [-0.3, -0.25) is 20.0 Å². The molecule has 0 aliphatic heterocycles. The smallest absolute Gasteiger partial charge is 0.339 e. The van der Waals surface area contributed by atoms with Crippen LogP contribution in [-0.4, -0.2) is 36.6 Å². The van der Waals surface area contributed by atoms with E-state index < -0.39 is 20.9 Å². The molecule has 0 unspecified atom stereocenters. The summed E-state index contributed by atoms with van der Waals surface area (Å²) >= 11 is 0. The number of aromatic nitrogens is 2. The number of methoxy groups -OCH3 is 1. The standard InChI is InChI=1S/C23H18N4O7S/c1-33-21-8-3-2-7-19(21)20-14-22(26-25-20)24-23(28)15-9-11-17(12-10-15)34-35(31,32)18-6-4-5-16(13-18)27(29)30/h2-14H,1H3,(H2,24,25,26,28). The predicted molar refractivity (Wildman–Crippen MR) is 126 cm³/mol. The summed E-state index contributed by atoms with van der Waals surface area (Å²) < 4.78 is 35.3. The van der Waals surface area contributed by atoms with Crippen LogP contribution in [0.3, 0.4) is 0 Å². The Balaban J connectivity index is 1.45. The van der Waals surface area contributed by atoms with E-state index in [1.54, 1.807) is 19.2 Å². The molecule has 4 rings (SSSR count). The Morgan fingerprint density at radius 3 is 2.49 bits per heavy atom. The maximum absolute atomic E-state index is 12.6. The van der Waals surface area contributed by atoms with Crippen molar-refractivity contribution in [3.05, 3.63) is 94.5 Å². The molecule has 0 fully saturated rings. The van der Waals surface area contributed by atoms with Crippen molar-refractivity contribution in [2.24, 2.45) is 0 Å². The van der Waals surface area contributed by atoms with Crippen LogP contribution in [0.25, 0.3) is 11.3 Å². The lowest BCUT2D eigenvalue weighted by molar-refractivity contribution is -0.385. The first-order chi connectivity index (χ1) is 16.8. The summed E-state index contributed by atoms with van der Waals surface area (Å²) in [6, 6.07) is 18.8. The lowest BCUT2D eigenvalue weighted by Crippen LogP contribution is -2.13. The Labute approximate surface area is 199 Å². The molecule has 0 saturated carbocycles. The van der Waals surface area contributed by atoms with Gasteiger partial charge in [-0.2, -0.15) is 13.5 Å². The number of anilines is 1. The van der Waals surface area contributed by atoms with E-state index in [0.717, 1.165) is 11.6 Å². The fraction of sp³-hybridized carbons (Fsp3) is 0.0435. The van der Waals surface area contributed by atoms with Gasteiger partial charge in [-0.25, -0.2) is 0 Å². The van der Waals surface area contributed by atoms with Crippen molar-refractivity contribution >= 4 is 27.5 Å². The highest BCUT2D eigenvalue weighted by Gasteiger charge is 2.20. The van der Waals surface area contributed by atoms with Gasteiger partial charge in [-0.15, -0.1) is 0 Å². The highest BCUT2D eigenvalue weighted by Crippen LogP contribution is 2.29. The van der Waals surface area contributed by atoms with E-state index in [1.807, 2.05) is 18.2 Å². The molecule has 1 amide bonds. The van der Waals surface area contributed by atoms with E-state index in [4.69, 9.17) is 8.92 Å². The molecule has 0 saturated heterocycles. The molecule has 4 aromatic rings. The van der Waals surface area contributed by atoms with Crippen molar-refractivity contribution in [3.63, 3.8) is 0 Å². The molecular weight excluding hydrogens is 476 g/mol. The van der Waals surface area contributed by atoms with E-state index in [0.29, 0.717) is 11.4 Å². The molecule has 35 heavy (non-hydrogen) atoms. The first-order valence-corrected chi connectivity index (χ1v) is 11.5. The zero-order valence-electron chi connectivity index (χ0n) is 18.2. The van der Waals surface area contributed by atoms with Crippen LogP contribution in [0.4, 0.5) is 11.5 Å². The van der Waals surface area contributed by atoms with Gasteiger partial charge in [-0.05, 0) is 42.5 Å².